The Balaban J connectivity index is 0.000000239. The SMILES string of the molecule is CCCCCCCCCCCCCC(CCCC)C1CC(=O)NC1=O.O=[N+]([O-])c1cccc(S(=O)(=O)Nc2c(-c3ccccc3)[nH]c3ccccc23)c1. The number of carbonyl (C=O) groups is 2. The first-order valence-corrected chi connectivity index (χ1v) is 20.9. The molecule has 1 fully saturated rings. The number of rotatable bonds is 21. The number of hydrogen-bond donors (Lipinski definition) is 3. The van der Waals surface area contributed by atoms with Gasteiger partial charge in [0.25, 0.3) is 15.7 Å². The highest BCUT2D eigenvalue weighted by Crippen LogP contribution is 2.36. The van der Waals surface area contributed by atoms with Crippen molar-refractivity contribution >= 4 is 44.1 Å². The minimum atomic E-state index is -4.04. The maximum Gasteiger partial charge on any atom is 0.270 e. The lowest BCUT2D eigenvalue weighted by Gasteiger charge is -2.20. The van der Waals surface area contributed by atoms with E-state index in [0.717, 1.165) is 36.4 Å². The average Bonchev–Trinajstić information content (AvgIpc) is 3.70. The molecule has 10 nitrogen and oxygen atoms in total. The van der Waals surface area contributed by atoms with Crippen molar-refractivity contribution in [2.45, 2.75) is 121 Å². The van der Waals surface area contributed by atoms with Crippen LogP contribution >= 0.6 is 0 Å². The fraction of sp³-hybridized carbons (Fsp3) is 0.476. The molecule has 11 heteroatoms. The van der Waals surface area contributed by atoms with E-state index in [1.165, 1.54) is 95.2 Å². The third-order valence-electron chi connectivity index (χ3n) is 10.0. The Labute approximate surface area is 314 Å². The Kier molecular flexibility index (Phi) is 16.5. The van der Waals surface area contributed by atoms with Crippen molar-refractivity contribution in [3.63, 3.8) is 0 Å². The highest BCUT2D eigenvalue weighted by molar-refractivity contribution is 7.92. The van der Waals surface area contributed by atoms with Crippen molar-refractivity contribution < 1.29 is 22.9 Å². The first kappa shape index (κ1) is 41.2. The van der Waals surface area contributed by atoms with Crippen LogP contribution in [0, 0.1) is 22.0 Å². The number of fused-ring (bicyclic) bond motifs is 1. The van der Waals surface area contributed by atoms with Gasteiger partial charge in [0.05, 0.1) is 21.2 Å². The normalized spacial score (nSPS) is 14.8. The minimum absolute atomic E-state index is 0.0193. The van der Waals surface area contributed by atoms with Crippen LogP contribution in [0.25, 0.3) is 22.2 Å². The number of para-hydroxylation sites is 1. The number of sulfonamides is 1. The quantitative estimate of drug-likeness (QED) is 0.0334. The largest absolute Gasteiger partial charge is 0.353 e. The number of aromatic amines is 1. The highest BCUT2D eigenvalue weighted by atomic mass is 32.2. The lowest BCUT2D eigenvalue weighted by molar-refractivity contribution is -0.385. The number of amides is 2. The van der Waals surface area contributed by atoms with E-state index in [0.29, 0.717) is 29.1 Å². The molecule has 0 aliphatic carbocycles. The molecule has 286 valence electrons. The van der Waals surface area contributed by atoms with E-state index in [4.69, 9.17) is 0 Å². The van der Waals surface area contributed by atoms with E-state index < -0.39 is 14.9 Å². The molecule has 2 unspecified atom stereocenters. The summed E-state index contributed by atoms with van der Waals surface area (Å²) in [6, 6.07) is 21.6. The summed E-state index contributed by atoms with van der Waals surface area (Å²) in [4.78, 5) is 36.9. The number of nitrogens with one attached hydrogen (secondary N) is 3. The van der Waals surface area contributed by atoms with Gasteiger partial charge in [-0.3, -0.25) is 29.7 Å². The van der Waals surface area contributed by atoms with Crippen LogP contribution in [-0.4, -0.2) is 30.1 Å². The van der Waals surface area contributed by atoms with Crippen LogP contribution in [0.3, 0.4) is 0 Å². The molecular weight excluding hydrogens is 689 g/mol. The van der Waals surface area contributed by atoms with E-state index >= 15 is 0 Å². The van der Waals surface area contributed by atoms with Crippen molar-refractivity contribution in [2.75, 3.05) is 4.72 Å². The first-order valence-electron chi connectivity index (χ1n) is 19.4. The maximum atomic E-state index is 13.0. The van der Waals surface area contributed by atoms with Crippen LogP contribution < -0.4 is 10.0 Å². The number of benzene rings is 3. The van der Waals surface area contributed by atoms with Crippen LogP contribution in [0.15, 0.2) is 83.8 Å². The molecule has 1 aliphatic rings. The molecule has 0 radical (unpaired) electrons. The molecule has 4 aromatic rings. The third-order valence-corrected chi connectivity index (χ3v) is 11.4. The van der Waals surface area contributed by atoms with E-state index in [1.54, 1.807) is 0 Å². The Bertz CT molecular complexity index is 1870. The predicted molar refractivity (Wildman–Crippen MR) is 213 cm³/mol. The molecule has 3 aromatic carbocycles. The summed E-state index contributed by atoms with van der Waals surface area (Å²) in [6.07, 6.45) is 19.9. The number of hydrogen-bond acceptors (Lipinski definition) is 6. The van der Waals surface area contributed by atoms with Gasteiger partial charge in [0, 0.05) is 40.9 Å². The second-order valence-electron chi connectivity index (χ2n) is 14.1. The van der Waals surface area contributed by atoms with Gasteiger partial charge in [-0.15, -0.1) is 0 Å². The van der Waals surface area contributed by atoms with Crippen LogP contribution in [0.1, 0.15) is 117 Å². The van der Waals surface area contributed by atoms with Gasteiger partial charge in [0.2, 0.25) is 11.8 Å². The summed E-state index contributed by atoms with van der Waals surface area (Å²) in [6.45, 7) is 4.46. The topological polar surface area (TPSA) is 151 Å². The van der Waals surface area contributed by atoms with Crippen molar-refractivity contribution in [1.29, 1.82) is 0 Å². The van der Waals surface area contributed by atoms with Gasteiger partial charge in [-0.1, -0.05) is 152 Å². The molecule has 1 aliphatic heterocycles. The van der Waals surface area contributed by atoms with E-state index in [-0.39, 0.29) is 28.3 Å². The van der Waals surface area contributed by atoms with Gasteiger partial charge in [0.15, 0.2) is 0 Å². The Morgan fingerprint density at radius 3 is 2.00 bits per heavy atom. The van der Waals surface area contributed by atoms with E-state index in [9.17, 15) is 28.1 Å². The summed E-state index contributed by atoms with van der Waals surface area (Å²) in [5, 5.41) is 14.2. The number of nitro benzene ring substituents is 1. The van der Waals surface area contributed by atoms with Crippen LogP contribution in [0.5, 0.6) is 0 Å². The number of unbranched alkanes of at least 4 members (excludes halogenated alkanes) is 11. The molecule has 0 saturated carbocycles. The predicted octanol–water partition coefficient (Wildman–Crippen LogP) is 10.7. The smallest absolute Gasteiger partial charge is 0.270 e. The summed E-state index contributed by atoms with van der Waals surface area (Å²) in [5.41, 5.74) is 2.32. The molecule has 5 rings (SSSR count). The molecule has 3 N–H and O–H groups in total. The number of carbonyl (C=O) groups excluding carboxylic acids is 2. The number of H-pyrrole nitrogens is 1. The van der Waals surface area contributed by atoms with Crippen molar-refractivity contribution in [3.8, 4) is 11.3 Å². The van der Waals surface area contributed by atoms with E-state index in [1.807, 2.05) is 54.6 Å². The molecule has 2 amide bonds. The van der Waals surface area contributed by atoms with Crippen LogP contribution in [-0.2, 0) is 19.6 Å². The zero-order chi connectivity index (χ0) is 38.1. The Morgan fingerprint density at radius 1 is 0.774 bits per heavy atom. The van der Waals surface area contributed by atoms with Crippen LogP contribution in [0.4, 0.5) is 11.4 Å². The highest BCUT2D eigenvalue weighted by Gasteiger charge is 2.36. The summed E-state index contributed by atoms with van der Waals surface area (Å²) < 4.78 is 28.5. The summed E-state index contributed by atoms with van der Waals surface area (Å²) in [5.74, 6) is 0.261. The number of anilines is 1. The van der Waals surface area contributed by atoms with Crippen molar-refractivity contribution in [3.05, 3.63) is 89.0 Å². The van der Waals surface area contributed by atoms with E-state index in [2.05, 4.69) is 28.9 Å². The van der Waals surface area contributed by atoms with Crippen LogP contribution in [0.2, 0.25) is 0 Å². The van der Waals surface area contributed by atoms with Gasteiger partial charge in [-0.05, 0) is 30.9 Å². The molecule has 1 saturated heterocycles. The Hall–Kier alpha value is -4.51. The molecule has 0 bridgehead atoms. The average molecular weight is 745 g/mol. The zero-order valence-corrected chi connectivity index (χ0v) is 32.1. The lowest BCUT2D eigenvalue weighted by Crippen LogP contribution is -2.26. The first-order chi connectivity index (χ1) is 25.6. The fourth-order valence-electron chi connectivity index (χ4n) is 7.06. The van der Waals surface area contributed by atoms with Gasteiger partial charge >= 0.3 is 0 Å². The zero-order valence-electron chi connectivity index (χ0n) is 31.3. The third kappa shape index (κ3) is 12.6. The minimum Gasteiger partial charge on any atom is -0.353 e. The Morgan fingerprint density at radius 2 is 1.38 bits per heavy atom. The van der Waals surface area contributed by atoms with Gasteiger partial charge in [-0.25, -0.2) is 8.42 Å². The summed E-state index contributed by atoms with van der Waals surface area (Å²) >= 11 is 0. The second-order valence-corrected chi connectivity index (χ2v) is 15.8. The molecule has 53 heavy (non-hydrogen) atoms. The summed E-state index contributed by atoms with van der Waals surface area (Å²) in [7, 11) is -4.04. The monoisotopic (exact) mass is 744 g/mol. The fourth-order valence-corrected chi connectivity index (χ4v) is 8.20. The number of nitrogens with zero attached hydrogens (tertiary/aromatic N) is 1. The standard InChI is InChI=1S/C22H41NO2.C20H15N3O4S/c1-3-5-7-8-9-10-11-12-13-14-15-17-19(16-6-4-2)20-18-21(24)23-22(20)25;24-23(25)15-9-6-10-16(13-15)28(26,27)22-20-17-11-4-5-12-18(17)21-19(20)14-7-2-1-3-8-14/h19-20H,3-18H2,1-2H3,(H,23,24,25);1-13,21-22H. The number of nitro groups is 1. The van der Waals surface area contributed by atoms with Gasteiger partial charge in [0.1, 0.15) is 0 Å². The lowest BCUT2D eigenvalue weighted by atomic mass is 9.83. The number of imide groups is 1. The molecule has 0 spiro atoms. The maximum absolute atomic E-state index is 13.0. The van der Waals surface area contributed by atoms with Crippen molar-refractivity contribution in [2.24, 2.45) is 11.8 Å². The molecule has 1 aromatic heterocycles. The second kappa shape index (κ2) is 21.3. The molecule has 2 heterocycles. The number of aromatic nitrogens is 1. The van der Waals surface area contributed by atoms with Gasteiger partial charge < -0.3 is 4.98 Å². The molecular formula is C42H56N4O6S. The number of non-ortho nitro benzene ring substituents is 1. The molecule has 2 atom stereocenters. The van der Waals surface area contributed by atoms with Crippen molar-refractivity contribution in [1.82, 2.24) is 10.3 Å². The van der Waals surface area contributed by atoms with Gasteiger partial charge in [-0.2, -0.15) is 0 Å².